The zero-order chi connectivity index (χ0) is 18.9. The Bertz CT molecular complexity index is 921. The van der Waals surface area contributed by atoms with E-state index in [0.29, 0.717) is 12.1 Å². The van der Waals surface area contributed by atoms with Crippen molar-refractivity contribution in [1.29, 1.82) is 0 Å². The summed E-state index contributed by atoms with van der Waals surface area (Å²) in [4.78, 5) is 5.23. The van der Waals surface area contributed by atoms with Crippen molar-refractivity contribution < 1.29 is 0 Å². The lowest BCUT2D eigenvalue weighted by molar-refractivity contribution is 0.122. The highest BCUT2D eigenvalue weighted by atomic mass is 15.5. The van der Waals surface area contributed by atoms with Crippen LogP contribution in [0.1, 0.15) is 30.6 Å². The van der Waals surface area contributed by atoms with Crippen molar-refractivity contribution in [3.63, 3.8) is 0 Å². The summed E-state index contributed by atoms with van der Waals surface area (Å²) in [6.45, 7) is 7.46. The Labute approximate surface area is 166 Å². The van der Waals surface area contributed by atoms with Crippen LogP contribution < -0.4 is 0 Å². The molecule has 2 aromatic carbocycles. The van der Waals surface area contributed by atoms with Crippen LogP contribution in [0.5, 0.6) is 0 Å². The lowest BCUT2D eigenvalue weighted by atomic mass is 10.0. The Kier molecular flexibility index (Phi) is 4.71. The van der Waals surface area contributed by atoms with E-state index in [4.69, 9.17) is 0 Å². The molecule has 2 atom stereocenters. The van der Waals surface area contributed by atoms with E-state index in [-0.39, 0.29) is 0 Å². The Morgan fingerprint density at radius 2 is 1.64 bits per heavy atom. The maximum absolute atomic E-state index is 4.63. The second-order valence-electron chi connectivity index (χ2n) is 7.98. The number of likely N-dealkylation sites (tertiary alicyclic amines) is 1. The number of fused-ring (bicyclic) bond motifs is 3. The van der Waals surface area contributed by atoms with Crippen LogP contribution in [-0.2, 0) is 13.1 Å². The highest BCUT2D eigenvalue weighted by Gasteiger charge is 2.43. The Balaban J connectivity index is 1.45. The van der Waals surface area contributed by atoms with Crippen LogP contribution in [0.25, 0.3) is 11.3 Å². The zero-order valence-electron chi connectivity index (χ0n) is 16.4. The first-order valence-corrected chi connectivity index (χ1v) is 10.3. The molecule has 1 aromatic heterocycles. The van der Waals surface area contributed by atoms with Crippen molar-refractivity contribution >= 4 is 0 Å². The van der Waals surface area contributed by atoms with Crippen molar-refractivity contribution in [3.05, 3.63) is 71.9 Å². The molecule has 0 spiro atoms. The largest absolute Gasteiger partial charge is 0.295 e. The summed E-state index contributed by atoms with van der Waals surface area (Å²) >= 11 is 0. The van der Waals surface area contributed by atoms with Gasteiger partial charge in [0, 0.05) is 37.8 Å². The molecule has 2 aliphatic rings. The number of aromatic nitrogens is 3. The zero-order valence-corrected chi connectivity index (χ0v) is 16.4. The molecule has 5 rings (SSSR count). The summed E-state index contributed by atoms with van der Waals surface area (Å²) in [6, 6.07) is 22.2. The van der Waals surface area contributed by atoms with E-state index in [1.165, 1.54) is 17.7 Å². The summed E-state index contributed by atoms with van der Waals surface area (Å²) in [5.74, 6) is 0. The SMILES string of the molecule is CCCN1Cc2c(-c3ccccc3)nnn2[C@H]2CN(Cc3ccccc3)C[C@H]21. The minimum absolute atomic E-state index is 0.379. The third-order valence-electron chi connectivity index (χ3n) is 6.07. The molecule has 1 fully saturated rings. The van der Waals surface area contributed by atoms with Crippen LogP contribution in [0.3, 0.4) is 0 Å². The van der Waals surface area contributed by atoms with E-state index in [2.05, 4.69) is 92.4 Å². The van der Waals surface area contributed by atoms with Crippen LogP contribution in [-0.4, -0.2) is 50.5 Å². The van der Waals surface area contributed by atoms with Gasteiger partial charge in [0.2, 0.25) is 0 Å². The lowest BCUT2D eigenvalue weighted by Gasteiger charge is -2.37. The van der Waals surface area contributed by atoms with Gasteiger partial charge in [-0.2, -0.15) is 0 Å². The molecule has 0 aliphatic carbocycles. The van der Waals surface area contributed by atoms with Crippen molar-refractivity contribution in [3.8, 4) is 11.3 Å². The van der Waals surface area contributed by atoms with Crippen LogP contribution in [0.2, 0.25) is 0 Å². The third-order valence-corrected chi connectivity index (χ3v) is 6.07. The van der Waals surface area contributed by atoms with Gasteiger partial charge in [0.1, 0.15) is 5.69 Å². The molecule has 0 unspecified atom stereocenters. The summed E-state index contributed by atoms with van der Waals surface area (Å²) in [6.07, 6.45) is 1.17. The van der Waals surface area contributed by atoms with Crippen molar-refractivity contribution in [1.82, 2.24) is 24.8 Å². The van der Waals surface area contributed by atoms with Gasteiger partial charge in [-0.25, -0.2) is 4.68 Å². The molecule has 1 saturated heterocycles. The van der Waals surface area contributed by atoms with E-state index in [9.17, 15) is 0 Å². The van der Waals surface area contributed by atoms with E-state index < -0.39 is 0 Å². The van der Waals surface area contributed by atoms with Crippen molar-refractivity contribution in [2.24, 2.45) is 0 Å². The molecule has 2 aliphatic heterocycles. The van der Waals surface area contributed by atoms with E-state index in [0.717, 1.165) is 44.0 Å². The molecular formula is C23H27N5. The standard InChI is InChI=1S/C23H27N5/c1-2-13-27-17-22-23(19-11-7-4-8-12-19)24-25-28(22)21-16-26(15-20(21)27)14-18-9-5-3-6-10-18/h3-12,20-21H,2,13-17H2,1H3/t20-,21+/m1/s1. The van der Waals surface area contributed by atoms with Crippen LogP contribution in [0.4, 0.5) is 0 Å². The van der Waals surface area contributed by atoms with Gasteiger partial charge in [0.05, 0.1) is 11.7 Å². The Hall–Kier alpha value is -2.50. The predicted octanol–water partition coefficient (Wildman–Crippen LogP) is 3.60. The minimum Gasteiger partial charge on any atom is -0.295 e. The van der Waals surface area contributed by atoms with E-state index in [1.54, 1.807) is 0 Å². The number of hydrogen-bond acceptors (Lipinski definition) is 4. The number of benzene rings is 2. The Morgan fingerprint density at radius 3 is 2.39 bits per heavy atom. The van der Waals surface area contributed by atoms with Gasteiger partial charge in [0.15, 0.2) is 0 Å². The molecule has 3 heterocycles. The highest BCUT2D eigenvalue weighted by molar-refractivity contribution is 5.61. The topological polar surface area (TPSA) is 37.2 Å². The second-order valence-corrected chi connectivity index (χ2v) is 7.98. The van der Waals surface area contributed by atoms with Gasteiger partial charge < -0.3 is 0 Å². The van der Waals surface area contributed by atoms with Crippen LogP contribution in [0.15, 0.2) is 60.7 Å². The lowest BCUT2D eigenvalue weighted by Crippen LogP contribution is -2.46. The van der Waals surface area contributed by atoms with Gasteiger partial charge in [-0.3, -0.25) is 9.80 Å². The first kappa shape index (κ1) is 17.6. The molecule has 144 valence electrons. The van der Waals surface area contributed by atoms with E-state index in [1.807, 2.05) is 0 Å². The van der Waals surface area contributed by atoms with Crippen LogP contribution in [0, 0.1) is 0 Å². The number of hydrogen-bond donors (Lipinski definition) is 0. The molecular weight excluding hydrogens is 346 g/mol. The molecule has 0 bridgehead atoms. The predicted molar refractivity (Wildman–Crippen MR) is 111 cm³/mol. The average Bonchev–Trinajstić information content (AvgIpc) is 3.34. The van der Waals surface area contributed by atoms with Gasteiger partial charge in [-0.15, -0.1) is 5.10 Å². The molecule has 0 saturated carbocycles. The van der Waals surface area contributed by atoms with Crippen molar-refractivity contribution in [2.45, 2.75) is 38.5 Å². The molecule has 3 aromatic rings. The molecule has 5 nitrogen and oxygen atoms in total. The van der Waals surface area contributed by atoms with Crippen LogP contribution >= 0.6 is 0 Å². The fourth-order valence-electron chi connectivity index (χ4n) is 4.81. The normalized spacial score (nSPS) is 22.2. The first-order valence-electron chi connectivity index (χ1n) is 10.3. The summed E-state index contributed by atoms with van der Waals surface area (Å²) in [5.41, 5.74) is 4.86. The second kappa shape index (κ2) is 7.49. The quantitative estimate of drug-likeness (QED) is 0.685. The molecule has 0 amide bonds. The fourth-order valence-corrected chi connectivity index (χ4v) is 4.81. The third kappa shape index (κ3) is 3.15. The van der Waals surface area contributed by atoms with Crippen molar-refractivity contribution in [2.75, 3.05) is 19.6 Å². The average molecular weight is 374 g/mol. The maximum atomic E-state index is 4.63. The summed E-state index contributed by atoms with van der Waals surface area (Å²) in [7, 11) is 0. The molecule has 5 heteroatoms. The molecule has 0 radical (unpaired) electrons. The summed E-state index contributed by atoms with van der Waals surface area (Å²) in [5, 5.41) is 9.23. The Morgan fingerprint density at radius 1 is 0.929 bits per heavy atom. The van der Waals surface area contributed by atoms with Gasteiger partial charge in [0.25, 0.3) is 0 Å². The molecule has 0 N–H and O–H groups in total. The smallest absolute Gasteiger partial charge is 0.117 e. The fraction of sp³-hybridized carbons (Fsp3) is 0.391. The maximum Gasteiger partial charge on any atom is 0.117 e. The monoisotopic (exact) mass is 373 g/mol. The minimum atomic E-state index is 0.379. The first-order chi connectivity index (χ1) is 13.8. The highest BCUT2D eigenvalue weighted by Crippen LogP contribution is 2.36. The van der Waals surface area contributed by atoms with Gasteiger partial charge >= 0.3 is 0 Å². The van der Waals surface area contributed by atoms with E-state index >= 15 is 0 Å². The van der Waals surface area contributed by atoms with Gasteiger partial charge in [-0.1, -0.05) is 72.8 Å². The summed E-state index contributed by atoms with van der Waals surface area (Å²) < 4.78 is 2.23. The van der Waals surface area contributed by atoms with Gasteiger partial charge in [-0.05, 0) is 18.5 Å². The molecule has 28 heavy (non-hydrogen) atoms. The number of nitrogens with zero attached hydrogens (tertiary/aromatic N) is 5. The number of rotatable bonds is 5.